The van der Waals surface area contributed by atoms with Gasteiger partial charge in [-0.2, -0.15) is 0 Å². The molecule has 0 radical (unpaired) electrons. The highest BCUT2D eigenvalue weighted by molar-refractivity contribution is 5.89. The van der Waals surface area contributed by atoms with Gasteiger partial charge in [-0.15, -0.1) is 0 Å². The van der Waals surface area contributed by atoms with Crippen LogP contribution in [0.2, 0.25) is 0 Å². The lowest BCUT2D eigenvalue weighted by atomic mass is 9.83. The summed E-state index contributed by atoms with van der Waals surface area (Å²) in [7, 11) is 0. The quantitative estimate of drug-likeness (QED) is 0.588. The van der Waals surface area contributed by atoms with E-state index in [2.05, 4.69) is 5.32 Å². The first-order chi connectivity index (χ1) is 11.4. The maximum atomic E-state index is 12.2. The summed E-state index contributed by atoms with van der Waals surface area (Å²) in [5, 5.41) is 13.3. The van der Waals surface area contributed by atoms with Gasteiger partial charge >= 0.3 is 0 Å². The van der Waals surface area contributed by atoms with E-state index in [1.54, 1.807) is 6.07 Å². The largest absolute Gasteiger partial charge is 0.368 e. The van der Waals surface area contributed by atoms with Crippen molar-refractivity contribution < 1.29 is 19.3 Å². The van der Waals surface area contributed by atoms with E-state index in [9.17, 15) is 24.5 Å². The number of nitro groups is 1. The number of primary amides is 1. The molecule has 0 spiro atoms. The molecule has 0 saturated heterocycles. The molecule has 0 aliphatic heterocycles. The van der Waals surface area contributed by atoms with Crippen LogP contribution in [0.4, 0.5) is 5.69 Å². The van der Waals surface area contributed by atoms with Gasteiger partial charge in [0.2, 0.25) is 11.8 Å². The molecule has 24 heavy (non-hydrogen) atoms. The van der Waals surface area contributed by atoms with Crippen molar-refractivity contribution in [2.75, 3.05) is 0 Å². The fraction of sp³-hybridized carbons (Fsp3) is 0.438. The fourth-order valence-electron chi connectivity index (χ4n) is 2.95. The highest BCUT2D eigenvalue weighted by Gasteiger charge is 2.32. The van der Waals surface area contributed by atoms with Crippen molar-refractivity contribution >= 4 is 23.3 Å². The van der Waals surface area contributed by atoms with Crippen molar-refractivity contribution in [3.63, 3.8) is 0 Å². The maximum absolute atomic E-state index is 12.2. The van der Waals surface area contributed by atoms with Gasteiger partial charge in [0.1, 0.15) is 11.8 Å². The van der Waals surface area contributed by atoms with Crippen LogP contribution in [0, 0.1) is 16.0 Å². The number of hydrogen-bond donors (Lipinski definition) is 2. The molecule has 2 rings (SSSR count). The molecule has 8 heteroatoms. The minimum atomic E-state index is -0.902. The average molecular weight is 333 g/mol. The normalized spacial score (nSPS) is 18.7. The molecule has 2 atom stereocenters. The summed E-state index contributed by atoms with van der Waals surface area (Å²) >= 11 is 0. The second-order valence-corrected chi connectivity index (χ2v) is 5.95. The van der Waals surface area contributed by atoms with Gasteiger partial charge < -0.3 is 11.1 Å². The Morgan fingerprint density at radius 2 is 2.17 bits per heavy atom. The van der Waals surface area contributed by atoms with E-state index in [0.29, 0.717) is 24.8 Å². The number of ketones is 1. The number of Topliss-reactive ketones (excluding diaryl/α,β-unsaturated/α-hetero) is 1. The predicted octanol–water partition coefficient (Wildman–Crippen LogP) is 0.867. The van der Waals surface area contributed by atoms with Gasteiger partial charge in [-0.05, 0) is 24.3 Å². The Kier molecular flexibility index (Phi) is 5.62. The Morgan fingerprint density at radius 1 is 1.42 bits per heavy atom. The molecule has 1 aliphatic rings. The summed E-state index contributed by atoms with van der Waals surface area (Å²) in [6, 6.07) is 4.83. The van der Waals surface area contributed by atoms with E-state index in [1.165, 1.54) is 18.2 Å². The molecular weight excluding hydrogens is 314 g/mol. The Hall–Kier alpha value is -2.77. The first-order valence-electron chi connectivity index (χ1n) is 7.70. The maximum Gasteiger partial charge on any atom is 0.269 e. The predicted molar refractivity (Wildman–Crippen MR) is 84.9 cm³/mol. The van der Waals surface area contributed by atoms with Crippen LogP contribution in [0.3, 0.4) is 0 Å². The van der Waals surface area contributed by atoms with Crippen LogP contribution in [-0.2, 0) is 20.8 Å². The van der Waals surface area contributed by atoms with Crippen LogP contribution in [0.5, 0.6) is 0 Å². The molecule has 3 N–H and O–H groups in total. The molecule has 0 bridgehead atoms. The molecule has 1 aromatic rings. The van der Waals surface area contributed by atoms with Gasteiger partial charge in [0.25, 0.3) is 5.69 Å². The first kappa shape index (κ1) is 17.6. The van der Waals surface area contributed by atoms with Crippen molar-refractivity contribution in [2.45, 2.75) is 38.1 Å². The summed E-state index contributed by atoms with van der Waals surface area (Å²) < 4.78 is 0. The number of nitro benzene ring substituents is 1. The zero-order valence-corrected chi connectivity index (χ0v) is 13.1. The van der Waals surface area contributed by atoms with E-state index in [1.807, 2.05) is 0 Å². The van der Waals surface area contributed by atoms with Crippen molar-refractivity contribution in [3.05, 3.63) is 39.9 Å². The molecule has 1 fully saturated rings. The lowest BCUT2D eigenvalue weighted by Gasteiger charge is -2.28. The van der Waals surface area contributed by atoms with Gasteiger partial charge in [-0.25, -0.2) is 0 Å². The van der Waals surface area contributed by atoms with Crippen LogP contribution in [-0.4, -0.2) is 28.6 Å². The number of carbonyl (C=O) groups excluding carboxylic acids is 3. The topological polar surface area (TPSA) is 132 Å². The zero-order valence-electron chi connectivity index (χ0n) is 13.1. The van der Waals surface area contributed by atoms with Crippen LogP contribution in [0.15, 0.2) is 24.3 Å². The molecule has 128 valence electrons. The third-order valence-electron chi connectivity index (χ3n) is 4.10. The summed E-state index contributed by atoms with van der Waals surface area (Å²) in [6.07, 6.45) is 1.94. The minimum absolute atomic E-state index is 0.0606. The third-order valence-corrected chi connectivity index (χ3v) is 4.10. The molecular formula is C16H19N3O5. The van der Waals surface area contributed by atoms with Gasteiger partial charge in [0.15, 0.2) is 0 Å². The molecule has 0 heterocycles. The van der Waals surface area contributed by atoms with E-state index in [-0.39, 0.29) is 30.2 Å². The summed E-state index contributed by atoms with van der Waals surface area (Å²) in [5.74, 6) is -1.37. The van der Waals surface area contributed by atoms with Crippen LogP contribution >= 0.6 is 0 Å². The number of hydrogen-bond acceptors (Lipinski definition) is 5. The zero-order chi connectivity index (χ0) is 17.7. The Balaban J connectivity index is 2.03. The number of non-ortho nitro benzene ring substituents is 1. The SMILES string of the molecule is NC(=O)[C@H](NC(=O)Cc1cccc([N+](=O)[O-])c1)[C@H]1CCCC(=O)C1. The number of nitrogens with two attached hydrogens (primary N) is 1. The lowest BCUT2D eigenvalue weighted by molar-refractivity contribution is -0.384. The molecule has 8 nitrogen and oxygen atoms in total. The van der Waals surface area contributed by atoms with Crippen LogP contribution in [0.25, 0.3) is 0 Å². The fourth-order valence-corrected chi connectivity index (χ4v) is 2.95. The van der Waals surface area contributed by atoms with Crippen LogP contribution < -0.4 is 11.1 Å². The number of amides is 2. The van der Waals surface area contributed by atoms with E-state index in [4.69, 9.17) is 5.73 Å². The monoisotopic (exact) mass is 333 g/mol. The number of nitrogens with zero attached hydrogens (tertiary/aromatic N) is 1. The number of nitrogens with one attached hydrogen (secondary N) is 1. The molecule has 2 amide bonds. The standard InChI is InChI=1S/C16H19N3O5/c17-16(22)15(11-4-2-6-13(20)9-11)18-14(21)8-10-3-1-5-12(7-10)19(23)24/h1,3,5,7,11,15H,2,4,6,8-9H2,(H2,17,22)(H,18,21)/t11-,15+/m0/s1. The second-order valence-electron chi connectivity index (χ2n) is 5.95. The van der Waals surface area contributed by atoms with Crippen molar-refractivity contribution in [3.8, 4) is 0 Å². The van der Waals surface area contributed by atoms with Gasteiger partial charge in [0.05, 0.1) is 11.3 Å². The smallest absolute Gasteiger partial charge is 0.269 e. The number of carbonyl (C=O) groups is 3. The van der Waals surface area contributed by atoms with Gasteiger partial charge in [0, 0.05) is 25.0 Å². The highest BCUT2D eigenvalue weighted by Crippen LogP contribution is 2.24. The number of benzene rings is 1. The van der Waals surface area contributed by atoms with Crippen molar-refractivity contribution in [2.24, 2.45) is 11.7 Å². The molecule has 0 aromatic heterocycles. The van der Waals surface area contributed by atoms with Gasteiger partial charge in [-0.3, -0.25) is 24.5 Å². The first-order valence-corrected chi connectivity index (χ1v) is 7.70. The Bertz CT molecular complexity index is 673. The summed E-state index contributed by atoms with van der Waals surface area (Å²) in [6.45, 7) is 0. The van der Waals surface area contributed by atoms with E-state index >= 15 is 0 Å². The molecule has 1 saturated carbocycles. The lowest BCUT2D eigenvalue weighted by Crippen LogP contribution is -2.50. The van der Waals surface area contributed by atoms with Crippen molar-refractivity contribution in [1.29, 1.82) is 0 Å². The van der Waals surface area contributed by atoms with Crippen LogP contribution in [0.1, 0.15) is 31.2 Å². The highest BCUT2D eigenvalue weighted by atomic mass is 16.6. The minimum Gasteiger partial charge on any atom is -0.368 e. The third kappa shape index (κ3) is 4.61. The second kappa shape index (κ2) is 7.67. The Labute approximate surface area is 138 Å². The Morgan fingerprint density at radius 3 is 2.79 bits per heavy atom. The van der Waals surface area contributed by atoms with E-state index < -0.39 is 22.8 Å². The molecule has 1 aliphatic carbocycles. The van der Waals surface area contributed by atoms with Crippen molar-refractivity contribution in [1.82, 2.24) is 5.32 Å². The number of rotatable bonds is 6. The summed E-state index contributed by atoms with van der Waals surface area (Å²) in [4.78, 5) is 45.6. The average Bonchev–Trinajstić information content (AvgIpc) is 2.52. The summed E-state index contributed by atoms with van der Waals surface area (Å²) in [5.41, 5.74) is 5.72. The molecule has 0 unspecified atom stereocenters. The van der Waals surface area contributed by atoms with E-state index in [0.717, 1.165) is 0 Å². The molecule has 1 aromatic carbocycles. The van der Waals surface area contributed by atoms with Gasteiger partial charge in [-0.1, -0.05) is 12.1 Å².